The van der Waals surface area contributed by atoms with Crippen molar-refractivity contribution >= 4 is 46.2 Å². The lowest BCUT2D eigenvalue weighted by Crippen LogP contribution is -2.45. The van der Waals surface area contributed by atoms with Gasteiger partial charge in [0.2, 0.25) is 5.91 Å². The minimum atomic E-state index is -0.358. The summed E-state index contributed by atoms with van der Waals surface area (Å²) < 4.78 is 11.7. The number of methoxy groups -OCH3 is 1. The minimum absolute atomic E-state index is 0.161. The van der Waals surface area contributed by atoms with Crippen molar-refractivity contribution in [3.8, 4) is 11.5 Å². The Labute approximate surface area is 217 Å². The molecule has 0 unspecified atom stereocenters. The summed E-state index contributed by atoms with van der Waals surface area (Å²) in [7, 11) is 1.60. The van der Waals surface area contributed by atoms with Gasteiger partial charge >= 0.3 is 0 Å². The molecule has 8 heteroatoms. The number of hydrogen-bond acceptors (Lipinski definition) is 6. The number of unbranched alkanes of at least 4 members (excludes halogenated alkanes) is 5. The second kappa shape index (κ2) is 13.9. The van der Waals surface area contributed by atoms with Crippen LogP contribution in [0.5, 0.6) is 11.5 Å². The van der Waals surface area contributed by atoms with Crippen molar-refractivity contribution in [1.29, 1.82) is 0 Å². The molecule has 1 heterocycles. The molecule has 1 saturated heterocycles. The zero-order chi connectivity index (χ0) is 25.0. The molecular weight excluding hydrogens is 480 g/mol. The van der Waals surface area contributed by atoms with Crippen LogP contribution in [0.15, 0.2) is 53.4 Å². The van der Waals surface area contributed by atoms with Crippen LogP contribution in [0.3, 0.4) is 0 Å². The van der Waals surface area contributed by atoms with Crippen LogP contribution in [0.25, 0.3) is 6.08 Å². The molecular formula is C27H32N2O4S2. The fourth-order valence-electron chi connectivity index (χ4n) is 3.62. The standard InChI is InChI=1S/C27H32N2O4S2/c1-3-4-5-6-7-11-16-33-22-15-14-21(17-23(22)32-2)18-24-26(31)29(27(34)35-24)28-25(30)19-20-12-9-8-10-13-20/h8-10,12-15,17-18H,3-7,11,16,19H2,1-2H3,(H,28,30). The third-order valence-corrected chi connectivity index (χ3v) is 6.78. The Morgan fingerprint density at radius 3 is 2.54 bits per heavy atom. The van der Waals surface area contributed by atoms with Crippen molar-refractivity contribution in [3.05, 3.63) is 64.6 Å². The summed E-state index contributed by atoms with van der Waals surface area (Å²) >= 11 is 6.47. The van der Waals surface area contributed by atoms with Gasteiger partial charge in [-0.3, -0.25) is 15.0 Å². The lowest BCUT2D eigenvalue weighted by molar-refractivity contribution is -0.132. The van der Waals surface area contributed by atoms with E-state index >= 15 is 0 Å². The highest BCUT2D eigenvalue weighted by atomic mass is 32.2. The van der Waals surface area contributed by atoms with E-state index in [1.165, 1.54) is 25.7 Å². The van der Waals surface area contributed by atoms with E-state index in [-0.39, 0.29) is 22.6 Å². The van der Waals surface area contributed by atoms with Gasteiger partial charge in [-0.1, -0.05) is 87.2 Å². The third kappa shape index (κ3) is 8.11. The van der Waals surface area contributed by atoms with E-state index in [1.807, 2.05) is 48.5 Å². The first-order valence-electron chi connectivity index (χ1n) is 11.9. The number of amides is 2. The molecule has 0 saturated carbocycles. The largest absolute Gasteiger partial charge is 0.493 e. The zero-order valence-corrected chi connectivity index (χ0v) is 21.9. The SMILES string of the molecule is CCCCCCCCOc1ccc(C=C2SC(=S)N(NC(=O)Cc3ccccc3)C2=O)cc1OC. The third-order valence-electron chi connectivity index (χ3n) is 5.48. The summed E-state index contributed by atoms with van der Waals surface area (Å²) in [6.45, 7) is 2.86. The maximum atomic E-state index is 12.9. The summed E-state index contributed by atoms with van der Waals surface area (Å²) in [5, 5.41) is 1.13. The number of nitrogens with one attached hydrogen (secondary N) is 1. The highest BCUT2D eigenvalue weighted by Gasteiger charge is 2.33. The van der Waals surface area contributed by atoms with Crippen molar-refractivity contribution in [2.45, 2.75) is 51.9 Å². The normalized spacial score (nSPS) is 14.5. The first kappa shape index (κ1) is 26.8. The molecule has 0 bridgehead atoms. The average Bonchev–Trinajstić information content (AvgIpc) is 3.11. The highest BCUT2D eigenvalue weighted by Crippen LogP contribution is 2.34. The molecule has 1 aliphatic rings. The highest BCUT2D eigenvalue weighted by molar-refractivity contribution is 8.26. The van der Waals surface area contributed by atoms with Crippen molar-refractivity contribution in [1.82, 2.24) is 10.4 Å². The van der Waals surface area contributed by atoms with Gasteiger partial charge in [0.25, 0.3) is 5.91 Å². The molecule has 35 heavy (non-hydrogen) atoms. The van der Waals surface area contributed by atoms with E-state index in [9.17, 15) is 9.59 Å². The molecule has 0 spiro atoms. The number of nitrogens with zero attached hydrogens (tertiary/aromatic N) is 1. The predicted molar refractivity (Wildman–Crippen MR) is 145 cm³/mol. The Bertz CT molecular complexity index is 1060. The number of hydrogen-bond donors (Lipinski definition) is 1. The van der Waals surface area contributed by atoms with Gasteiger partial charge in [0, 0.05) is 0 Å². The number of carbonyl (C=O) groups excluding carboxylic acids is 2. The number of ether oxygens (including phenoxy) is 2. The fourth-order valence-corrected chi connectivity index (χ4v) is 4.80. The number of benzene rings is 2. The molecule has 2 amide bonds. The van der Waals surface area contributed by atoms with Crippen LogP contribution in [-0.2, 0) is 16.0 Å². The fraction of sp³-hybridized carbons (Fsp3) is 0.370. The van der Waals surface area contributed by atoms with Gasteiger partial charge in [0.1, 0.15) is 0 Å². The monoisotopic (exact) mass is 512 g/mol. The molecule has 1 aliphatic heterocycles. The summed E-state index contributed by atoms with van der Waals surface area (Å²) in [6.07, 6.45) is 9.10. The lowest BCUT2D eigenvalue weighted by Gasteiger charge is -2.15. The van der Waals surface area contributed by atoms with Gasteiger partial charge < -0.3 is 9.47 Å². The van der Waals surface area contributed by atoms with Crippen molar-refractivity contribution in [2.24, 2.45) is 0 Å². The van der Waals surface area contributed by atoms with Crippen molar-refractivity contribution in [2.75, 3.05) is 13.7 Å². The second-order valence-electron chi connectivity index (χ2n) is 8.24. The van der Waals surface area contributed by atoms with Gasteiger partial charge in [-0.2, -0.15) is 5.01 Å². The molecule has 0 atom stereocenters. The zero-order valence-electron chi connectivity index (χ0n) is 20.2. The van der Waals surface area contributed by atoms with Gasteiger partial charge in [-0.15, -0.1) is 0 Å². The van der Waals surface area contributed by atoms with Crippen LogP contribution >= 0.6 is 24.0 Å². The Hall–Kier alpha value is -2.84. The van der Waals surface area contributed by atoms with E-state index in [1.54, 1.807) is 13.2 Å². The maximum Gasteiger partial charge on any atom is 0.285 e. The lowest BCUT2D eigenvalue weighted by atomic mass is 10.1. The van der Waals surface area contributed by atoms with Crippen LogP contribution in [0.1, 0.15) is 56.6 Å². The van der Waals surface area contributed by atoms with E-state index in [0.717, 1.165) is 40.7 Å². The molecule has 0 radical (unpaired) electrons. The molecule has 0 aromatic heterocycles. The van der Waals surface area contributed by atoms with Crippen LogP contribution < -0.4 is 14.9 Å². The van der Waals surface area contributed by atoms with E-state index < -0.39 is 0 Å². The number of thioether (sulfide) groups is 1. The Balaban J connectivity index is 1.57. The Kier molecular flexibility index (Phi) is 10.6. The quantitative estimate of drug-likeness (QED) is 0.204. The molecule has 1 N–H and O–H groups in total. The number of rotatable bonds is 13. The molecule has 3 rings (SSSR count). The summed E-state index contributed by atoms with van der Waals surface area (Å²) in [5.41, 5.74) is 4.26. The van der Waals surface area contributed by atoms with E-state index in [2.05, 4.69) is 12.3 Å². The molecule has 1 fully saturated rings. The average molecular weight is 513 g/mol. The molecule has 2 aromatic rings. The van der Waals surface area contributed by atoms with Crippen LogP contribution in [-0.4, -0.2) is 34.9 Å². The van der Waals surface area contributed by atoms with Crippen LogP contribution in [0.2, 0.25) is 0 Å². The second-order valence-corrected chi connectivity index (χ2v) is 9.92. The smallest absolute Gasteiger partial charge is 0.285 e. The summed E-state index contributed by atoms with van der Waals surface area (Å²) in [6, 6.07) is 14.9. The summed E-state index contributed by atoms with van der Waals surface area (Å²) in [5.74, 6) is 0.626. The molecule has 0 aliphatic carbocycles. The molecule has 6 nitrogen and oxygen atoms in total. The Morgan fingerprint density at radius 2 is 1.80 bits per heavy atom. The number of carbonyl (C=O) groups is 2. The summed E-state index contributed by atoms with van der Waals surface area (Å²) in [4.78, 5) is 25.7. The van der Waals surface area contributed by atoms with Gasteiger partial charge in [-0.05, 0) is 48.0 Å². The van der Waals surface area contributed by atoms with Gasteiger partial charge in [0.15, 0.2) is 15.8 Å². The maximum absolute atomic E-state index is 12.9. The number of thiocarbonyl (C=S) groups is 1. The van der Waals surface area contributed by atoms with Gasteiger partial charge in [0.05, 0.1) is 25.0 Å². The van der Waals surface area contributed by atoms with Crippen molar-refractivity contribution < 1.29 is 19.1 Å². The van der Waals surface area contributed by atoms with Crippen LogP contribution in [0.4, 0.5) is 0 Å². The van der Waals surface area contributed by atoms with E-state index in [4.69, 9.17) is 21.7 Å². The predicted octanol–water partition coefficient (Wildman–Crippen LogP) is 5.91. The first-order chi connectivity index (χ1) is 17.0. The topological polar surface area (TPSA) is 67.9 Å². The van der Waals surface area contributed by atoms with Crippen molar-refractivity contribution in [3.63, 3.8) is 0 Å². The number of hydrazine groups is 1. The Morgan fingerprint density at radius 1 is 1.06 bits per heavy atom. The van der Waals surface area contributed by atoms with E-state index in [0.29, 0.717) is 23.0 Å². The molecule has 2 aromatic carbocycles. The van der Waals surface area contributed by atoms with Gasteiger partial charge in [-0.25, -0.2) is 0 Å². The minimum Gasteiger partial charge on any atom is -0.493 e. The molecule has 186 valence electrons. The van der Waals surface area contributed by atoms with Crippen LogP contribution in [0, 0.1) is 0 Å². The first-order valence-corrected chi connectivity index (χ1v) is 13.2.